The monoisotopic (exact) mass is 282 g/mol. The molecular formula is C17H15FN2O. The molecule has 4 heteroatoms. The molecule has 0 saturated carbocycles. The third kappa shape index (κ3) is 2.44. The Labute approximate surface area is 122 Å². The molecule has 21 heavy (non-hydrogen) atoms. The van der Waals surface area contributed by atoms with Gasteiger partial charge in [-0.15, -0.1) is 0 Å². The number of halogens is 1. The number of aromatic nitrogens is 2. The summed E-state index contributed by atoms with van der Waals surface area (Å²) in [6.07, 6.45) is 3.22. The zero-order valence-corrected chi connectivity index (χ0v) is 11.8. The minimum atomic E-state index is -0.375. The van der Waals surface area contributed by atoms with Crippen LogP contribution in [-0.2, 0) is 0 Å². The molecule has 0 aliphatic rings. The van der Waals surface area contributed by atoms with E-state index in [9.17, 15) is 9.50 Å². The molecule has 106 valence electrons. The van der Waals surface area contributed by atoms with Crippen molar-refractivity contribution in [3.8, 4) is 16.9 Å². The molecule has 0 atom stereocenters. The van der Waals surface area contributed by atoms with Gasteiger partial charge in [-0.3, -0.25) is 9.97 Å². The third-order valence-corrected chi connectivity index (χ3v) is 3.45. The second-order valence-corrected chi connectivity index (χ2v) is 5.31. The molecule has 2 aromatic heterocycles. The lowest BCUT2D eigenvalue weighted by atomic mass is 10.0. The smallest absolute Gasteiger partial charge is 0.137 e. The Hall–Kier alpha value is -2.49. The number of pyridine rings is 2. The van der Waals surface area contributed by atoms with Crippen molar-refractivity contribution in [1.29, 1.82) is 0 Å². The molecule has 0 saturated heterocycles. The van der Waals surface area contributed by atoms with Crippen molar-refractivity contribution in [3.05, 3.63) is 54.2 Å². The normalized spacial score (nSPS) is 11.2. The van der Waals surface area contributed by atoms with Crippen LogP contribution in [0.5, 0.6) is 5.75 Å². The van der Waals surface area contributed by atoms with Gasteiger partial charge in [0.15, 0.2) is 0 Å². The van der Waals surface area contributed by atoms with E-state index in [0.717, 1.165) is 5.39 Å². The molecule has 3 nitrogen and oxygen atoms in total. The maximum absolute atomic E-state index is 14.2. The molecule has 0 unspecified atom stereocenters. The lowest BCUT2D eigenvalue weighted by molar-refractivity contribution is 0.460. The first-order valence-electron chi connectivity index (χ1n) is 6.80. The Kier molecular flexibility index (Phi) is 3.29. The third-order valence-electron chi connectivity index (χ3n) is 3.45. The summed E-state index contributed by atoms with van der Waals surface area (Å²) in [5.74, 6) is -0.169. The van der Waals surface area contributed by atoms with Crippen molar-refractivity contribution in [2.24, 2.45) is 0 Å². The van der Waals surface area contributed by atoms with E-state index >= 15 is 0 Å². The number of hydrogen-bond donors (Lipinski definition) is 1. The number of aromatic hydroxyl groups is 1. The van der Waals surface area contributed by atoms with Crippen LogP contribution in [0.4, 0.5) is 4.39 Å². The van der Waals surface area contributed by atoms with Crippen LogP contribution < -0.4 is 0 Å². The van der Waals surface area contributed by atoms with E-state index in [1.165, 1.54) is 6.07 Å². The summed E-state index contributed by atoms with van der Waals surface area (Å²) in [5, 5.41) is 10.9. The summed E-state index contributed by atoms with van der Waals surface area (Å²) in [5.41, 5.74) is 2.19. The quantitative estimate of drug-likeness (QED) is 0.763. The van der Waals surface area contributed by atoms with Gasteiger partial charge in [0.2, 0.25) is 0 Å². The molecule has 3 aromatic rings. The van der Waals surface area contributed by atoms with Crippen LogP contribution in [0.2, 0.25) is 0 Å². The topological polar surface area (TPSA) is 46.0 Å². The number of rotatable bonds is 2. The van der Waals surface area contributed by atoms with E-state index in [2.05, 4.69) is 9.97 Å². The van der Waals surface area contributed by atoms with Crippen LogP contribution in [0.3, 0.4) is 0 Å². The Morgan fingerprint density at radius 1 is 1.14 bits per heavy atom. The molecule has 0 radical (unpaired) electrons. The number of fused-ring (bicyclic) bond motifs is 1. The highest BCUT2D eigenvalue weighted by atomic mass is 19.1. The predicted molar refractivity (Wildman–Crippen MR) is 80.7 cm³/mol. The van der Waals surface area contributed by atoms with Crippen molar-refractivity contribution in [3.63, 3.8) is 0 Å². The Morgan fingerprint density at radius 2 is 1.95 bits per heavy atom. The van der Waals surface area contributed by atoms with Gasteiger partial charge < -0.3 is 5.11 Å². The van der Waals surface area contributed by atoms with Gasteiger partial charge in [0, 0.05) is 35.0 Å². The van der Waals surface area contributed by atoms with Crippen LogP contribution in [0, 0.1) is 5.82 Å². The molecule has 0 bridgehead atoms. The molecule has 0 amide bonds. The van der Waals surface area contributed by atoms with E-state index < -0.39 is 0 Å². The van der Waals surface area contributed by atoms with Gasteiger partial charge in [0.1, 0.15) is 11.6 Å². The van der Waals surface area contributed by atoms with Gasteiger partial charge in [-0.05, 0) is 24.1 Å². The van der Waals surface area contributed by atoms with Gasteiger partial charge in [-0.25, -0.2) is 4.39 Å². The van der Waals surface area contributed by atoms with Gasteiger partial charge in [0.05, 0.1) is 11.2 Å². The van der Waals surface area contributed by atoms with E-state index in [1.54, 1.807) is 24.5 Å². The fourth-order valence-corrected chi connectivity index (χ4v) is 2.37. The molecular weight excluding hydrogens is 267 g/mol. The minimum absolute atomic E-state index is 0.0909. The van der Waals surface area contributed by atoms with Crippen molar-refractivity contribution in [2.75, 3.05) is 0 Å². The highest BCUT2D eigenvalue weighted by molar-refractivity contribution is 5.84. The van der Waals surface area contributed by atoms with E-state index in [0.29, 0.717) is 22.3 Å². The first kappa shape index (κ1) is 13.5. The van der Waals surface area contributed by atoms with Gasteiger partial charge in [-0.1, -0.05) is 19.9 Å². The zero-order chi connectivity index (χ0) is 15.0. The molecule has 0 spiro atoms. The maximum Gasteiger partial charge on any atom is 0.137 e. The second kappa shape index (κ2) is 5.13. The number of hydrogen-bond acceptors (Lipinski definition) is 3. The summed E-state index contributed by atoms with van der Waals surface area (Å²) in [4.78, 5) is 8.37. The van der Waals surface area contributed by atoms with Crippen molar-refractivity contribution in [2.45, 2.75) is 19.8 Å². The Balaban J connectivity index is 2.16. The summed E-state index contributed by atoms with van der Waals surface area (Å²) in [7, 11) is 0. The molecule has 0 fully saturated rings. The molecule has 0 aliphatic carbocycles. The van der Waals surface area contributed by atoms with Crippen LogP contribution in [0.15, 0.2) is 42.7 Å². The van der Waals surface area contributed by atoms with Crippen LogP contribution in [-0.4, -0.2) is 15.1 Å². The van der Waals surface area contributed by atoms with Gasteiger partial charge in [-0.2, -0.15) is 0 Å². The van der Waals surface area contributed by atoms with Crippen molar-refractivity contribution < 1.29 is 9.50 Å². The Bertz CT molecular complexity index is 815. The number of benzene rings is 1. The summed E-state index contributed by atoms with van der Waals surface area (Å²) >= 11 is 0. The van der Waals surface area contributed by atoms with E-state index in [-0.39, 0.29) is 17.5 Å². The highest BCUT2D eigenvalue weighted by Crippen LogP contribution is 2.31. The van der Waals surface area contributed by atoms with Gasteiger partial charge >= 0.3 is 0 Å². The Morgan fingerprint density at radius 3 is 2.67 bits per heavy atom. The number of nitrogens with zero attached hydrogens (tertiary/aromatic N) is 2. The summed E-state index contributed by atoms with van der Waals surface area (Å²) in [6.45, 7) is 3.90. The second-order valence-electron chi connectivity index (χ2n) is 5.31. The van der Waals surface area contributed by atoms with Crippen LogP contribution in [0.1, 0.15) is 25.5 Å². The molecule has 1 N–H and O–H groups in total. The fraction of sp³-hybridized carbons (Fsp3) is 0.176. The molecule has 1 aromatic carbocycles. The summed E-state index contributed by atoms with van der Waals surface area (Å²) < 4.78 is 14.2. The molecule has 3 rings (SSSR count). The zero-order valence-electron chi connectivity index (χ0n) is 11.8. The van der Waals surface area contributed by atoms with Crippen LogP contribution in [0.25, 0.3) is 22.0 Å². The van der Waals surface area contributed by atoms with Crippen molar-refractivity contribution >= 4 is 10.9 Å². The summed E-state index contributed by atoms with van der Waals surface area (Å²) in [6, 6.07) is 8.37. The highest BCUT2D eigenvalue weighted by Gasteiger charge is 2.12. The molecule has 0 aliphatic heterocycles. The maximum atomic E-state index is 14.2. The fourth-order valence-electron chi connectivity index (χ4n) is 2.37. The lowest BCUT2D eigenvalue weighted by Gasteiger charge is -2.10. The first-order chi connectivity index (χ1) is 10.1. The minimum Gasteiger partial charge on any atom is -0.506 e. The van der Waals surface area contributed by atoms with E-state index in [4.69, 9.17) is 0 Å². The average molecular weight is 282 g/mol. The predicted octanol–water partition coefficient (Wildman–Crippen LogP) is 4.26. The first-order valence-corrected chi connectivity index (χ1v) is 6.80. The average Bonchev–Trinajstić information content (AvgIpc) is 2.46. The lowest BCUT2D eigenvalue weighted by Crippen LogP contribution is -1.95. The van der Waals surface area contributed by atoms with Crippen LogP contribution >= 0.6 is 0 Å². The van der Waals surface area contributed by atoms with Gasteiger partial charge in [0.25, 0.3) is 0 Å². The molecule has 2 heterocycles. The largest absolute Gasteiger partial charge is 0.506 e. The SMILES string of the molecule is CC(C)c1ncc(-c2cc3cccnc3cc2F)cc1O. The van der Waals surface area contributed by atoms with E-state index in [1.807, 2.05) is 26.0 Å². The standard InChI is InChI=1S/C17H15FN2O/c1-10(2)17-16(21)7-12(9-20-17)13-6-11-4-3-5-19-15(11)8-14(13)18/h3-10,21H,1-2H3. The van der Waals surface area contributed by atoms with Crippen molar-refractivity contribution in [1.82, 2.24) is 9.97 Å².